The van der Waals surface area contributed by atoms with Gasteiger partial charge in [0.25, 0.3) is 5.91 Å². The van der Waals surface area contributed by atoms with E-state index in [9.17, 15) is 19.5 Å². The molecule has 10 heteroatoms. The number of benzene rings is 3. The van der Waals surface area contributed by atoms with E-state index in [1.54, 1.807) is 37.4 Å². The zero-order chi connectivity index (χ0) is 24.9. The molecular weight excluding hydrogens is 472 g/mol. The lowest BCUT2D eigenvalue weighted by atomic mass is 10.1. The van der Waals surface area contributed by atoms with Gasteiger partial charge in [0.2, 0.25) is 5.91 Å². The number of carbonyl (C=O) groups is 3. The highest BCUT2D eigenvalue weighted by atomic mass is 32.2. The van der Waals surface area contributed by atoms with Gasteiger partial charge in [-0.25, -0.2) is 10.3 Å². The molecule has 0 radical (unpaired) electrons. The third-order valence-electron chi connectivity index (χ3n) is 5.37. The van der Waals surface area contributed by atoms with Crippen molar-refractivity contribution in [3.63, 3.8) is 0 Å². The summed E-state index contributed by atoms with van der Waals surface area (Å²) in [5, 5.41) is 17.7. The largest absolute Gasteiger partial charge is 0.497 e. The number of methoxy groups -OCH3 is 1. The Morgan fingerprint density at radius 2 is 1.63 bits per heavy atom. The summed E-state index contributed by atoms with van der Waals surface area (Å²) in [7, 11) is 1.59. The fourth-order valence-electron chi connectivity index (χ4n) is 3.62. The summed E-state index contributed by atoms with van der Waals surface area (Å²) < 4.78 is 11.0. The molecule has 1 aliphatic heterocycles. The molecule has 1 atom stereocenters. The number of thioether (sulfide) groups is 1. The van der Waals surface area contributed by atoms with Gasteiger partial charge in [-0.1, -0.05) is 12.1 Å². The van der Waals surface area contributed by atoms with E-state index in [1.807, 2.05) is 24.3 Å². The van der Waals surface area contributed by atoms with E-state index in [0.717, 1.165) is 11.3 Å². The zero-order valence-corrected chi connectivity index (χ0v) is 19.5. The minimum atomic E-state index is -1.14. The number of fused-ring (bicyclic) bond motifs is 1. The molecular formula is C25H22N2O7S. The van der Waals surface area contributed by atoms with Crippen LogP contribution >= 0.6 is 11.8 Å². The first kappa shape index (κ1) is 24.1. The van der Waals surface area contributed by atoms with Crippen molar-refractivity contribution in [2.45, 2.75) is 16.6 Å². The number of aromatic carboxylic acids is 1. The molecule has 2 amide bonds. The maximum atomic E-state index is 13.2. The lowest BCUT2D eigenvalue weighted by Gasteiger charge is -2.33. The Bertz CT molecular complexity index is 1250. The number of amides is 2. The van der Waals surface area contributed by atoms with Crippen molar-refractivity contribution in [2.24, 2.45) is 0 Å². The second kappa shape index (κ2) is 10.5. The average Bonchev–Trinajstić information content (AvgIpc) is 2.87. The molecule has 0 saturated heterocycles. The highest BCUT2D eigenvalue weighted by molar-refractivity contribution is 8.01. The van der Waals surface area contributed by atoms with Crippen molar-refractivity contribution in [3.05, 3.63) is 77.9 Å². The van der Waals surface area contributed by atoms with Crippen LogP contribution in [0, 0.1) is 0 Å². The molecule has 3 aromatic rings. The number of rotatable bonds is 8. The van der Waals surface area contributed by atoms with Gasteiger partial charge in [0, 0.05) is 4.90 Å². The molecule has 35 heavy (non-hydrogen) atoms. The van der Waals surface area contributed by atoms with E-state index in [-0.39, 0.29) is 11.5 Å². The van der Waals surface area contributed by atoms with Gasteiger partial charge in [0.1, 0.15) is 23.8 Å². The topological polar surface area (TPSA) is 125 Å². The molecule has 0 saturated carbocycles. The number of hydrogen-bond acceptors (Lipinski definition) is 7. The van der Waals surface area contributed by atoms with Crippen LogP contribution in [0.25, 0.3) is 0 Å². The number of anilines is 1. The van der Waals surface area contributed by atoms with Gasteiger partial charge >= 0.3 is 5.97 Å². The third kappa shape index (κ3) is 5.56. The fourth-order valence-corrected chi connectivity index (χ4v) is 4.86. The standard InChI is InChI=1S/C25H22N2O7S/c1-33-17-7-9-19(10-8-17)34-18-5-2-15(3-6-18)12-22-24(29)27(14-23(28)26-32)20-13-16(25(30)31)4-11-21(20)35-22/h2-11,13,22,32H,12,14H2,1H3,(H,26,28)(H,30,31). The molecule has 0 fully saturated rings. The average molecular weight is 495 g/mol. The second-order valence-corrected chi connectivity index (χ2v) is 8.92. The molecule has 0 bridgehead atoms. The Morgan fingerprint density at radius 3 is 2.23 bits per heavy atom. The number of carbonyl (C=O) groups excluding carboxylic acids is 2. The van der Waals surface area contributed by atoms with Crippen LogP contribution < -0.4 is 19.9 Å². The van der Waals surface area contributed by atoms with E-state index in [4.69, 9.17) is 14.7 Å². The number of ether oxygens (including phenoxy) is 2. The van der Waals surface area contributed by atoms with Crippen LogP contribution in [0.4, 0.5) is 5.69 Å². The number of nitrogens with one attached hydrogen (secondary N) is 1. The quantitative estimate of drug-likeness (QED) is 0.319. The van der Waals surface area contributed by atoms with Crippen molar-refractivity contribution in [1.29, 1.82) is 0 Å². The first-order chi connectivity index (χ1) is 16.9. The predicted molar refractivity (Wildman–Crippen MR) is 129 cm³/mol. The van der Waals surface area contributed by atoms with Crippen LogP contribution in [-0.4, -0.2) is 47.0 Å². The monoisotopic (exact) mass is 494 g/mol. The summed E-state index contributed by atoms with van der Waals surface area (Å²) in [5.74, 6) is -0.256. The molecule has 180 valence electrons. The zero-order valence-electron chi connectivity index (χ0n) is 18.6. The lowest BCUT2D eigenvalue weighted by molar-refractivity contribution is -0.129. The van der Waals surface area contributed by atoms with Crippen molar-refractivity contribution in [1.82, 2.24) is 5.48 Å². The predicted octanol–water partition coefficient (Wildman–Crippen LogP) is 3.74. The second-order valence-electron chi connectivity index (χ2n) is 7.68. The minimum absolute atomic E-state index is 0.00236. The van der Waals surface area contributed by atoms with Crippen molar-refractivity contribution < 1.29 is 34.2 Å². The van der Waals surface area contributed by atoms with Crippen LogP contribution in [-0.2, 0) is 16.0 Å². The molecule has 0 aliphatic carbocycles. The van der Waals surface area contributed by atoms with Crippen LogP contribution in [0.5, 0.6) is 17.2 Å². The molecule has 1 aliphatic rings. The van der Waals surface area contributed by atoms with Gasteiger partial charge in [-0.2, -0.15) is 0 Å². The molecule has 3 aromatic carbocycles. The van der Waals surface area contributed by atoms with Gasteiger partial charge in [-0.3, -0.25) is 14.8 Å². The normalized spacial score (nSPS) is 14.7. The first-order valence-electron chi connectivity index (χ1n) is 10.6. The molecule has 1 unspecified atom stereocenters. The number of hydroxylamine groups is 1. The molecule has 0 aromatic heterocycles. The summed E-state index contributed by atoms with van der Waals surface area (Å²) in [4.78, 5) is 38.4. The third-order valence-corrected chi connectivity index (χ3v) is 6.63. The Balaban J connectivity index is 1.51. The van der Waals surface area contributed by atoms with Gasteiger partial charge in [0.15, 0.2) is 0 Å². The van der Waals surface area contributed by atoms with Gasteiger partial charge in [-0.05, 0) is 66.6 Å². The molecule has 1 heterocycles. The maximum absolute atomic E-state index is 13.2. The van der Waals surface area contributed by atoms with E-state index < -0.39 is 23.7 Å². The highest BCUT2D eigenvalue weighted by Gasteiger charge is 2.35. The summed E-state index contributed by atoms with van der Waals surface area (Å²) in [6, 6.07) is 19.0. The summed E-state index contributed by atoms with van der Waals surface area (Å²) >= 11 is 1.31. The number of carboxylic acids is 1. The lowest BCUT2D eigenvalue weighted by Crippen LogP contribution is -2.46. The number of nitrogens with zero attached hydrogens (tertiary/aromatic N) is 1. The SMILES string of the molecule is COc1ccc(Oc2ccc(CC3Sc4ccc(C(=O)O)cc4N(CC(=O)NO)C3=O)cc2)cc1. The minimum Gasteiger partial charge on any atom is -0.497 e. The number of carboxylic acid groups (broad SMARTS) is 1. The van der Waals surface area contributed by atoms with E-state index in [0.29, 0.717) is 28.5 Å². The fraction of sp³-hybridized carbons (Fsp3) is 0.160. The molecule has 4 rings (SSSR count). The smallest absolute Gasteiger partial charge is 0.335 e. The van der Waals surface area contributed by atoms with E-state index in [2.05, 4.69) is 0 Å². The van der Waals surface area contributed by atoms with Crippen molar-refractivity contribution in [3.8, 4) is 17.2 Å². The Kier molecular flexibility index (Phi) is 7.23. The summed E-state index contributed by atoms with van der Waals surface area (Å²) in [6.07, 6.45) is 0.379. The highest BCUT2D eigenvalue weighted by Crippen LogP contribution is 2.41. The Morgan fingerprint density at radius 1 is 1.00 bits per heavy atom. The maximum Gasteiger partial charge on any atom is 0.335 e. The van der Waals surface area contributed by atoms with Gasteiger partial charge < -0.3 is 19.5 Å². The first-order valence-corrected chi connectivity index (χ1v) is 11.4. The van der Waals surface area contributed by atoms with Gasteiger partial charge in [0.05, 0.1) is 23.6 Å². The molecule has 3 N–H and O–H groups in total. The molecule has 9 nitrogen and oxygen atoms in total. The molecule has 0 spiro atoms. The van der Waals surface area contributed by atoms with Crippen LogP contribution in [0.1, 0.15) is 15.9 Å². The Hall–Kier alpha value is -4.02. The van der Waals surface area contributed by atoms with Gasteiger partial charge in [-0.15, -0.1) is 11.8 Å². The number of hydrogen-bond donors (Lipinski definition) is 3. The summed E-state index contributed by atoms with van der Waals surface area (Å²) in [5.41, 5.74) is 2.73. The summed E-state index contributed by atoms with van der Waals surface area (Å²) in [6.45, 7) is -0.433. The van der Waals surface area contributed by atoms with Crippen molar-refractivity contribution >= 4 is 35.2 Å². The Labute approximate surface area is 205 Å². The van der Waals surface area contributed by atoms with E-state index >= 15 is 0 Å². The van der Waals surface area contributed by atoms with Crippen LogP contribution in [0.15, 0.2) is 71.6 Å². The van der Waals surface area contributed by atoms with Crippen LogP contribution in [0.3, 0.4) is 0 Å². The van der Waals surface area contributed by atoms with E-state index in [1.165, 1.54) is 34.3 Å². The van der Waals surface area contributed by atoms with Crippen molar-refractivity contribution in [2.75, 3.05) is 18.6 Å². The van der Waals surface area contributed by atoms with Crippen LogP contribution in [0.2, 0.25) is 0 Å².